The van der Waals surface area contributed by atoms with Gasteiger partial charge in [0.1, 0.15) is 4.33 Å². The molecule has 0 aromatic carbocycles. The Kier molecular flexibility index (Phi) is 4.45. The highest BCUT2D eigenvalue weighted by molar-refractivity contribution is 7.85. The van der Waals surface area contributed by atoms with Gasteiger partial charge in [-0.1, -0.05) is 32.0 Å². The highest BCUT2D eigenvalue weighted by Gasteiger charge is 2.37. The van der Waals surface area contributed by atoms with Crippen molar-refractivity contribution in [2.24, 2.45) is 0 Å². The number of halogens is 3. The Balaban J connectivity index is 2.50. The predicted molar refractivity (Wildman–Crippen MR) is 69.2 cm³/mol. The molecular formula is C10H18Cl3P. The first-order valence-electron chi connectivity index (χ1n) is 5.05. The van der Waals surface area contributed by atoms with Gasteiger partial charge in [-0.3, -0.25) is 0 Å². The van der Waals surface area contributed by atoms with Crippen molar-refractivity contribution in [1.29, 1.82) is 0 Å². The minimum Gasteiger partial charge on any atom is -0.102 e. The van der Waals surface area contributed by atoms with Gasteiger partial charge in [0, 0.05) is 0 Å². The Labute approximate surface area is 103 Å². The molecule has 14 heavy (non-hydrogen) atoms. The molecule has 0 saturated heterocycles. The van der Waals surface area contributed by atoms with Gasteiger partial charge in [0.05, 0.1) is 0 Å². The third-order valence-corrected chi connectivity index (χ3v) is 8.19. The molecule has 0 aliphatic heterocycles. The summed E-state index contributed by atoms with van der Waals surface area (Å²) in [4.78, 5) is 0. The van der Waals surface area contributed by atoms with E-state index in [1.165, 1.54) is 0 Å². The number of hydrogen-bond donors (Lipinski definition) is 0. The van der Waals surface area contributed by atoms with E-state index in [1.807, 2.05) is 0 Å². The zero-order chi connectivity index (χ0) is 11.0. The average Bonchev–Trinajstić information content (AvgIpc) is 2.01. The van der Waals surface area contributed by atoms with Gasteiger partial charge in [0.15, 0.2) is 0 Å². The van der Waals surface area contributed by atoms with Gasteiger partial charge >= 0.3 is 0 Å². The Morgan fingerprint density at radius 2 is 1.57 bits per heavy atom. The van der Waals surface area contributed by atoms with Crippen molar-refractivity contribution in [3.8, 4) is 0 Å². The summed E-state index contributed by atoms with van der Waals surface area (Å²) in [5.74, 6) is 0. The van der Waals surface area contributed by atoms with Crippen LogP contribution in [-0.4, -0.2) is 15.1 Å². The van der Waals surface area contributed by atoms with Crippen molar-refractivity contribution in [2.45, 2.75) is 61.6 Å². The van der Waals surface area contributed by atoms with Crippen LogP contribution >= 0.6 is 41.7 Å². The van der Waals surface area contributed by atoms with E-state index in [-0.39, 0.29) is 5.16 Å². The highest BCUT2D eigenvalue weighted by atomic mass is 35.7. The fourth-order valence-corrected chi connectivity index (χ4v) is 4.63. The van der Waals surface area contributed by atoms with E-state index in [0.29, 0.717) is 5.66 Å². The quantitative estimate of drug-likeness (QED) is 0.435. The lowest BCUT2D eigenvalue weighted by molar-refractivity contribution is 0.482. The minimum absolute atomic E-state index is 0.236. The van der Waals surface area contributed by atoms with Crippen LogP contribution in [0.2, 0.25) is 0 Å². The van der Waals surface area contributed by atoms with Gasteiger partial charge in [-0.25, -0.2) is 0 Å². The lowest BCUT2D eigenvalue weighted by Gasteiger charge is -2.38. The zero-order valence-electron chi connectivity index (χ0n) is 8.99. The van der Waals surface area contributed by atoms with E-state index in [2.05, 4.69) is 20.8 Å². The smallest absolute Gasteiger partial charge is 0.102 e. The summed E-state index contributed by atoms with van der Waals surface area (Å²) in [6.07, 6.45) is 3.95. The number of alkyl halides is 2. The number of rotatable bonds is 1. The summed E-state index contributed by atoms with van der Waals surface area (Å²) in [6.45, 7) is 6.65. The van der Waals surface area contributed by atoms with E-state index in [4.69, 9.17) is 34.4 Å². The molecule has 0 radical (unpaired) electrons. The normalized spacial score (nSPS) is 26.1. The highest BCUT2D eigenvalue weighted by Crippen LogP contribution is 2.62. The largest absolute Gasteiger partial charge is 0.118 e. The topological polar surface area (TPSA) is 0 Å². The Morgan fingerprint density at radius 1 is 1.14 bits per heavy atom. The van der Waals surface area contributed by atoms with E-state index in [1.54, 1.807) is 0 Å². The first-order chi connectivity index (χ1) is 6.22. The monoisotopic (exact) mass is 274 g/mol. The van der Waals surface area contributed by atoms with Crippen molar-refractivity contribution in [1.82, 2.24) is 0 Å². The summed E-state index contributed by atoms with van der Waals surface area (Å²) in [5.41, 5.74) is 0.636. The molecule has 1 rings (SSSR count). The maximum atomic E-state index is 6.51. The SMILES string of the molecule is CC(C)(C)P(Cl)C1CCC(Cl)(Cl)CC1. The fraction of sp³-hybridized carbons (Fsp3) is 1.00. The predicted octanol–water partition coefficient (Wildman–Crippen LogP) is 5.54. The van der Waals surface area contributed by atoms with Crippen LogP contribution in [0.3, 0.4) is 0 Å². The zero-order valence-corrected chi connectivity index (χ0v) is 12.1. The summed E-state index contributed by atoms with van der Waals surface area (Å²) >= 11 is 18.7. The fourth-order valence-electron chi connectivity index (χ4n) is 1.80. The Morgan fingerprint density at radius 3 is 1.93 bits per heavy atom. The molecule has 1 fully saturated rings. The Bertz CT molecular complexity index is 188. The number of hydrogen-bond acceptors (Lipinski definition) is 0. The molecule has 0 aromatic rings. The third kappa shape index (κ3) is 3.71. The second-order valence-corrected chi connectivity index (χ2v) is 10.5. The van der Waals surface area contributed by atoms with Gasteiger partial charge in [-0.05, 0) is 43.8 Å². The molecule has 0 bridgehead atoms. The van der Waals surface area contributed by atoms with Crippen LogP contribution in [0.15, 0.2) is 0 Å². The molecule has 0 spiro atoms. The van der Waals surface area contributed by atoms with Crippen molar-refractivity contribution in [3.05, 3.63) is 0 Å². The van der Waals surface area contributed by atoms with Crippen LogP contribution in [0.5, 0.6) is 0 Å². The molecule has 4 heteroatoms. The van der Waals surface area contributed by atoms with Crippen molar-refractivity contribution in [3.63, 3.8) is 0 Å². The third-order valence-electron chi connectivity index (χ3n) is 2.65. The van der Waals surface area contributed by atoms with Crippen LogP contribution in [-0.2, 0) is 0 Å². The minimum atomic E-state index is -0.485. The molecule has 84 valence electrons. The van der Waals surface area contributed by atoms with Crippen molar-refractivity contribution in [2.75, 3.05) is 0 Å². The average molecular weight is 276 g/mol. The first-order valence-corrected chi connectivity index (χ1v) is 8.12. The van der Waals surface area contributed by atoms with Crippen LogP contribution in [0.25, 0.3) is 0 Å². The lowest BCUT2D eigenvalue weighted by Crippen LogP contribution is -2.27. The first kappa shape index (κ1) is 13.4. The van der Waals surface area contributed by atoms with Crippen LogP contribution in [0, 0.1) is 0 Å². The van der Waals surface area contributed by atoms with Gasteiger partial charge < -0.3 is 0 Å². The molecule has 1 unspecified atom stereocenters. The maximum absolute atomic E-state index is 6.51. The van der Waals surface area contributed by atoms with E-state index < -0.39 is 11.6 Å². The molecular weight excluding hydrogens is 257 g/mol. The van der Waals surface area contributed by atoms with E-state index >= 15 is 0 Å². The molecule has 1 aliphatic rings. The lowest BCUT2D eigenvalue weighted by atomic mass is 9.99. The molecule has 0 heterocycles. The molecule has 0 amide bonds. The van der Waals surface area contributed by atoms with Gasteiger partial charge in [-0.15, -0.1) is 23.2 Å². The van der Waals surface area contributed by atoms with Gasteiger partial charge in [-0.2, -0.15) is 0 Å². The summed E-state index contributed by atoms with van der Waals surface area (Å²) in [7, 11) is -0.426. The van der Waals surface area contributed by atoms with Gasteiger partial charge in [0.2, 0.25) is 0 Å². The van der Waals surface area contributed by atoms with Crippen molar-refractivity contribution < 1.29 is 0 Å². The van der Waals surface area contributed by atoms with Crippen LogP contribution < -0.4 is 0 Å². The van der Waals surface area contributed by atoms with Crippen LogP contribution in [0.4, 0.5) is 0 Å². The van der Waals surface area contributed by atoms with Crippen molar-refractivity contribution >= 4 is 41.7 Å². The second kappa shape index (κ2) is 4.66. The molecule has 0 aromatic heterocycles. The second-order valence-electron chi connectivity index (χ2n) is 5.07. The summed E-state index contributed by atoms with van der Waals surface area (Å²) in [5, 5.41) is 0.236. The summed E-state index contributed by atoms with van der Waals surface area (Å²) < 4.78 is -0.485. The van der Waals surface area contributed by atoms with E-state index in [0.717, 1.165) is 25.7 Å². The molecule has 1 aliphatic carbocycles. The van der Waals surface area contributed by atoms with Gasteiger partial charge in [0.25, 0.3) is 0 Å². The molecule has 1 atom stereocenters. The maximum Gasteiger partial charge on any atom is 0.118 e. The standard InChI is InChI=1S/C10H18Cl3P/c1-9(2,3)14(13)8-4-6-10(11,12)7-5-8/h8H,4-7H2,1-3H3. The van der Waals surface area contributed by atoms with Crippen LogP contribution in [0.1, 0.15) is 46.5 Å². The Hall–Kier alpha value is 1.30. The molecule has 0 N–H and O–H groups in total. The van der Waals surface area contributed by atoms with E-state index in [9.17, 15) is 0 Å². The molecule has 1 saturated carbocycles. The summed E-state index contributed by atoms with van der Waals surface area (Å²) in [6, 6.07) is 0. The molecule has 0 nitrogen and oxygen atoms in total.